The number of carboxylic acids is 1. The summed E-state index contributed by atoms with van der Waals surface area (Å²) in [6.45, 7) is 0. The van der Waals surface area contributed by atoms with Crippen LogP contribution in [-0.2, 0) is 29.8 Å². The van der Waals surface area contributed by atoms with Gasteiger partial charge >= 0.3 is 0 Å². The van der Waals surface area contributed by atoms with Crippen LogP contribution in [0.15, 0.2) is 73.7 Å². The molecule has 1 heterocycles. The van der Waals surface area contributed by atoms with E-state index in [1.165, 1.54) is 0 Å². The van der Waals surface area contributed by atoms with Gasteiger partial charge in [-0.1, -0.05) is 0 Å². The summed E-state index contributed by atoms with van der Waals surface area (Å²) in [7, 11) is 16.6. The molecule has 2 N–H and O–H groups in total. The molecule has 1 aliphatic rings. The third kappa shape index (κ3) is 19.0. The van der Waals surface area contributed by atoms with Crippen LogP contribution in [0, 0.1) is 0 Å². The second-order valence-corrected chi connectivity index (χ2v) is 16.9. The highest BCUT2D eigenvalue weighted by Gasteiger charge is 2.38. The first-order chi connectivity index (χ1) is 20.4. The van der Waals surface area contributed by atoms with Crippen LogP contribution < -0.4 is 10.1 Å². The van der Waals surface area contributed by atoms with Crippen LogP contribution in [0.4, 0.5) is 11.4 Å². The molecular weight excluding hydrogens is 642 g/mol. The fourth-order valence-electron chi connectivity index (χ4n) is 2.45. The first-order valence-corrected chi connectivity index (χ1v) is 16.3. The second-order valence-electron chi connectivity index (χ2n) is 14.0. The van der Waals surface area contributed by atoms with Crippen molar-refractivity contribution in [3.8, 4) is 0 Å². The van der Waals surface area contributed by atoms with Gasteiger partial charge in [-0.3, -0.25) is 13.9 Å². The summed E-state index contributed by atoms with van der Waals surface area (Å²) in [6, 6.07) is 6.88. The summed E-state index contributed by atoms with van der Waals surface area (Å²) < 4.78 is 65.2. The minimum absolute atomic E-state index is 0.00800. The molecule has 0 spiro atoms. The van der Waals surface area contributed by atoms with E-state index in [1.807, 2.05) is 0 Å². The van der Waals surface area contributed by atoms with Gasteiger partial charge < -0.3 is 23.4 Å². The number of carboxylic acid groups (broad SMARTS) is 1. The molecule has 0 bridgehead atoms. The van der Waals surface area contributed by atoms with Gasteiger partial charge in [-0.15, -0.1) is 0 Å². The number of hydrogen-bond donors (Lipinski definition) is 2. The lowest BCUT2D eigenvalue weighted by Gasteiger charge is -2.14. The number of amides is 1. The molecule has 16 nitrogen and oxygen atoms in total. The Morgan fingerprint density at radius 1 is 0.717 bits per heavy atom. The van der Waals surface area contributed by atoms with Crippen molar-refractivity contribution in [3.05, 3.63) is 48.5 Å². The maximum absolute atomic E-state index is 12.6. The second kappa shape index (κ2) is 16.3. The van der Waals surface area contributed by atoms with Gasteiger partial charge in [0.2, 0.25) is 0 Å². The van der Waals surface area contributed by atoms with Crippen LogP contribution >= 0.6 is 0 Å². The van der Waals surface area contributed by atoms with E-state index in [4.69, 9.17) is 9.11 Å². The number of azo groups is 1. The molecular formula is C28H47N7O9S2+2. The average Bonchev–Trinajstić information content (AvgIpc) is 3.15. The quantitative estimate of drug-likeness (QED) is 0.249. The van der Waals surface area contributed by atoms with E-state index < -0.39 is 53.7 Å². The highest BCUT2D eigenvalue weighted by atomic mass is 32.2. The normalized spacial score (nSPS) is 15.5. The van der Waals surface area contributed by atoms with E-state index >= 15 is 0 Å². The molecule has 2 aromatic rings. The van der Waals surface area contributed by atoms with Crippen LogP contribution in [-0.4, -0.2) is 148 Å². The molecule has 1 atom stereocenters. The SMILES string of the molecule is C[N+](C)(C)C.C[N+](C)(C)C.C[N+](C)(C)C.O=C([O-])C1=NN(c2ccc(S(=O)(=O)O)cc2)C(=O)C1N=Nc1ccc(S(=O)(=O)O)cc1. The van der Waals surface area contributed by atoms with Crippen LogP contribution in [0.5, 0.6) is 0 Å². The first-order valence-electron chi connectivity index (χ1n) is 13.4. The van der Waals surface area contributed by atoms with Crippen molar-refractivity contribution in [3.63, 3.8) is 0 Å². The Hall–Kier alpha value is -3.65. The molecule has 0 saturated carbocycles. The van der Waals surface area contributed by atoms with Gasteiger partial charge in [-0.2, -0.15) is 37.2 Å². The summed E-state index contributed by atoms with van der Waals surface area (Å²) in [5, 5.41) is 23.0. The summed E-state index contributed by atoms with van der Waals surface area (Å²) in [5.41, 5.74) is -0.720. The molecule has 258 valence electrons. The van der Waals surface area contributed by atoms with Gasteiger partial charge in [0.15, 0.2) is 6.04 Å². The number of anilines is 1. The van der Waals surface area contributed by atoms with Crippen LogP contribution in [0.25, 0.3) is 0 Å². The molecule has 1 aliphatic heterocycles. The number of benzene rings is 2. The number of rotatable bonds is 6. The molecule has 0 radical (unpaired) electrons. The van der Waals surface area contributed by atoms with E-state index in [2.05, 4.69) is 99.9 Å². The zero-order chi connectivity index (χ0) is 36.5. The fourth-order valence-corrected chi connectivity index (χ4v) is 3.41. The van der Waals surface area contributed by atoms with Crippen molar-refractivity contribution in [2.45, 2.75) is 15.8 Å². The molecule has 0 fully saturated rings. The molecule has 0 aromatic heterocycles. The van der Waals surface area contributed by atoms with E-state index in [0.29, 0.717) is 5.01 Å². The monoisotopic (exact) mass is 689 g/mol. The van der Waals surface area contributed by atoms with Crippen molar-refractivity contribution in [1.29, 1.82) is 0 Å². The van der Waals surface area contributed by atoms with Crippen LogP contribution in [0.1, 0.15) is 0 Å². The summed E-state index contributed by atoms with van der Waals surface area (Å²) in [4.78, 5) is 23.1. The maximum Gasteiger partial charge on any atom is 0.294 e. The third-order valence-corrected chi connectivity index (χ3v) is 5.66. The van der Waals surface area contributed by atoms with Gasteiger partial charge in [-0.25, -0.2) is 0 Å². The summed E-state index contributed by atoms with van der Waals surface area (Å²) in [5.74, 6) is -2.73. The standard InChI is InChI=1S/C16H12N4O9S2.3C4H12N/c21-15-13(18-17-9-1-5-11(6-2-9)30(24,25)26)14(16(22)23)19-20(15)10-3-7-12(8-4-10)31(27,28)29;3*1-5(2,3)4/h1-8,13H,(H,22,23)(H,24,25,26)(H,27,28,29);3*1-4H3/q;3*+1/p-1. The lowest BCUT2D eigenvalue weighted by atomic mass is 10.2. The highest BCUT2D eigenvalue weighted by Crippen LogP contribution is 2.25. The molecule has 2 aromatic carbocycles. The zero-order valence-electron chi connectivity index (χ0n) is 28.4. The van der Waals surface area contributed by atoms with E-state index in [0.717, 1.165) is 62.0 Å². The van der Waals surface area contributed by atoms with E-state index in [-0.39, 0.29) is 11.4 Å². The topological polar surface area (TPSA) is 206 Å². The number of nitrogens with zero attached hydrogens (tertiary/aromatic N) is 7. The van der Waals surface area contributed by atoms with Gasteiger partial charge in [0.1, 0.15) is 5.71 Å². The Balaban J connectivity index is 0.00000112. The summed E-state index contributed by atoms with van der Waals surface area (Å²) >= 11 is 0. The Morgan fingerprint density at radius 3 is 1.35 bits per heavy atom. The van der Waals surface area contributed by atoms with Gasteiger partial charge in [0, 0.05) is 0 Å². The fraction of sp³-hybridized carbons (Fsp3) is 0.464. The van der Waals surface area contributed by atoms with Crippen LogP contribution in [0.2, 0.25) is 0 Å². The lowest BCUT2D eigenvalue weighted by Crippen LogP contribution is -2.39. The van der Waals surface area contributed by atoms with Crippen molar-refractivity contribution in [1.82, 2.24) is 0 Å². The van der Waals surface area contributed by atoms with Crippen LogP contribution in [0.3, 0.4) is 0 Å². The minimum Gasteiger partial charge on any atom is -0.543 e. The van der Waals surface area contributed by atoms with Crippen molar-refractivity contribution < 1.29 is 54.1 Å². The number of aliphatic carboxylic acids is 1. The van der Waals surface area contributed by atoms with E-state index in [9.17, 15) is 31.5 Å². The van der Waals surface area contributed by atoms with Crippen molar-refractivity contribution in [2.24, 2.45) is 15.3 Å². The Morgan fingerprint density at radius 2 is 1.04 bits per heavy atom. The zero-order valence-corrected chi connectivity index (χ0v) is 30.0. The summed E-state index contributed by atoms with van der Waals surface area (Å²) in [6.07, 6.45) is 0. The number of carbonyl (C=O) groups is 2. The van der Waals surface area contributed by atoms with Gasteiger partial charge in [0.05, 0.1) is 112 Å². The molecule has 0 aliphatic carbocycles. The number of hydrazone groups is 1. The van der Waals surface area contributed by atoms with Gasteiger partial charge in [-0.05, 0) is 48.5 Å². The number of quaternary nitrogens is 3. The van der Waals surface area contributed by atoms with Crippen molar-refractivity contribution in [2.75, 3.05) is 89.6 Å². The molecule has 0 saturated heterocycles. The predicted molar refractivity (Wildman–Crippen MR) is 173 cm³/mol. The van der Waals surface area contributed by atoms with E-state index in [1.54, 1.807) is 0 Å². The third-order valence-electron chi connectivity index (χ3n) is 3.92. The average molecular weight is 690 g/mol. The van der Waals surface area contributed by atoms with Crippen molar-refractivity contribution >= 4 is 49.2 Å². The molecule has 1 unspecified atom stereocenters. The largest absolute Gasteiger partial charge is 0.543 e. The molecule has 46 heavy (non-hydrogen) atoms. The lowest BCUT2D eigenvalue weighted by molar-refractivity contribution is -0.849. The predicted octanol–water partition coefficient (Wildman–Crippen LogP) is 0.752. The Bertz CT molecular complexity index is 1560. The molecule has 1 amide bonds. The smallest absolute Gasteiger partial charge is 0.294 e. The minimum atomic E-state index is -4.47. The molecule has 3 rings (SSSR count). The first kappa shape index (κ1) is 42.3. The maximum atomic E-state index is 12.6. The Labute approximate surface area is 272 Å². The molecule has 18 heteroatoms. The highest BCUT2D eigenvalue weighted by molar-refractivity contribution is 7.86. The number of carbonyl (C=O) groups excluding carboxylic acids is 2. The van der Waals surface area contributed by atoms with Gasteiger partial charge in [0.25, 0.3) is 26.1 Å². The Kier molecular flexibility index (Phi) is 15.0. The number of hydrogen-bond acceptors (Lipinski definition) is 10.